The topological polar surface area (TPSA) is 102 Å². The molecule has 1 aromatic carbocycles. The summed E-state index contributed by atoms with van der Waals surface area (Å²) in [4.78, 5) is 37.3. The molecular formula is C18H25N3O5. The quantitative estimate of drug-likeness (QED) is 0.454. The number of nitro groups is 1. The van der Waals surface area contributed by atoms with Gasteiger partial charge in [0.25, 0.3) is 5.69 Å². The molecule has 8 heteroatoms. The number of benzene rings is 1. The smallest absolute Gasteiger partial charge is 0.307 e. The standard InChI is InChI=1S/C18H25N3O5/c1-3-26-17(22)12-16(20-9-5-4-6-10-20)18(23)19-15-11-14(21(24)25)8-7-13(15)2/h7-8,11,16H,3-6,9-10,12H2,1-2H3,(H,19,23). The van der Waals surface area contributed by atoms with Gasteiger partial charge in [0, 0.05) is 12.1 Å². The number of rotatable bonds is 7. The number of likely N-dealkylation sites (tertiary alicyclic amines) is 1. The van der Waals surface area contributed by atoms with Gasteiger partial charge in [0.2, 0.25) is 5.91 Å². The van der Waals surface area contributed by atoms with Crippen molar-refractivity contribution in [2.45, 2.75) is 45.6 Å². The minimum Gasteiger partial charge on any atom is -0.466 e. The number of non-ortho nitro benzene ring substituents is 1. The molecule has 0 aromatic heterocycles. The molecule has 1 unspecified atom stereocenters. The zero-order valence-electron chi connectivity index (χ0n) is 15.2. The Morgan fingerprint density at radius 3 is 2.62 bits per heavy atom. The molecule has 2 rings (SSSR count). The van der Waals surface area contributed by atoms with E-state index in [-0.39, 0.29) is 24.6 Å². The Kier molecular flexibility index (Phi) is 7.08. The van der Waals surface area contributed by atoms with Crippen LogP contribution in [0, 0.1) is 17.0 Å². The van der Waals surface area contributed by atoms with Gasteiger partial charge in [-0.1, -0.05) is 12.5 Å². The van der Waals surface area contributed by atoms with Crippen LogP contribution in [0.3, 0.4) is 0 Å². The number of ether oxygens (including phenoxy) is 1. The molecule has 1 aliphatic rings. The average molecular weight is 363 g/mol. The van der Waals surface area contributed by atoms with Crippen LogP contribution in [0.1, 0.15) is 38.2 Å². The molecule has 1 heterocycles. The Hall–Kier alpha value is -2.48. The van der Waals surface area contributed by atoms with Crippen molar-refractivity contribution in [3.63, 3.8) is 0 Å². The van der Waals surface area contributed by atoms with Crippen LogP contribution in [0.5, 0.6) is 0 Å². The Bertz CT molecular complexity index is 671. The number of carbonyl (C=O) groups is 2. The fourth-order valence-corrected chi connectivity index (χ4v) is 3.07. The molecule has 0 radical (unpaired) electrons. The van der Waals surface area contributed by atoms with E-state index in [0.717, 1.165) is 37.9 Å². The van der Waals surface area contributed by atoms with E-state index in [0.29, 0.717) is 5.69 Å². The summed E-state index contributed by atoms with van der Waals surface area (Å²) in [5.74, 6) is -0.766. The van der Waals surface area contributed by atoms with E-state index in [4.69, 9.17) is 4.74 Å². The van der Waals surface area contributed by atoms with Crippen molar-refractivity contribution < 1.29 is 19.2 Å². The highest BCUT2D eigenvalue weighted by Gasteiger charge is 2.30. The number of carbonyl (C=O) groups excluding carboxylic acids is 2. The third-order valence-corrected chi connectivity index (χ3v) is 4.49. The number of nitrogens with zero attached hydrogens (tertiary/aromatic N) is 2. The first-order valence-corrected chi connectivity index (χ1v) is 8.88. The van der Waals surface area contributed by atoms with Crippen molar-refractivity contribution in [3.05, 3.63) is 33.9 Å². The first-order valence-electron chi connectivity index (χ1n) is 8.88. The maximum Gasteiger partial charge on any atom is 0.307 e. The van der Waals surface area contributed by atoms with Gasteiger partial charge in [0.05, 0.1) is 23.6 Å². The van der Waals surface area contributed by atoms with E-state index in [1.807, 2.05) is 4.90 Å². The Morgan fingerprint density at radius 1 is 1.31 bits per heavy atom. The summed E-state index contributed by atoms with van der Waals surface area (Å²) in [5.41, 5.74) is 1.01. The van der Waals surface area contributed by atoms with Gasteiger partial charge in [-0.15, -0.1) is 0 Å². The number of aryl methyl sites for hydroxylation is 1. The van der Waals surface area contributed by atoms with Gasteiger partial charge in [0.15, 0.2) is 0 Å². The monoisotopic (exact) mass is 363 g/mol. The lowest BCUT2D eigenvalue weighted by Gasteiger charge is -2.33. The largest absolute Gasteiger partial charge is 0.466 e. The Morgan fingerprint density at radius 2 is 2.00 bits per heavy atom. The number of esters is 1. The maximum absolute atomic E-state index is 12.9. The molecule has 0 bridgehead atoms. The second-order valence-corrected chi connectivity index (χ2v) is 6.37. The normalized spacial score (nSPS) is 15.9. The van der Waals surface area contributed by atoms with Crippen LogP contribution in [0.25, 0.3) is 0 Å². The summed E-state index contributed by atoms with van der Waals surface area (Å²) >= 11 is 0. The summed E-state index contributed by atoms with van der Waals surface area (Å²) in [6, 6.07) is 3.68. The molecule has 8 nitrogen and oxygen atoms in total. The van der Waals surface area contributed by atoms with Gasteiger partial charge in [-0.2, -0.15) is 0 Å². The predicted octanol–water partition coefficient (Wildman–Crippen LogP) is 2.65. The number of nitro benzene ring substituents is 1. The van der Waals surface area contributed by atoms with E-state index < -0.39 is 16.9 Å². The van der Waals surface area contributed by atoms with Crippen molar-refractivity contribution in [2.75, 3.05) is 25.0 Å². The highest BCUT2D eigenvalue weighted by Crippen LogP contribution is 2.23. The summed E-state index contributed by atoms with van der Waals surface area (Å²) in [7, 11) is 0. The summed E-state index contributed by atoms with van der Waals surface area (Å²) < 4.78 is 5.00. The van der Waals surface area contributed by atoms with Gasteiger partial charge < -0.3 is 10.1 Å². The lowest BCUT2D eigenvalue weighted by atomic mass is 10.0. The number of hydrogen-bond donors (Lipinski definition) is 1. The third-order valence-electron chi connectivity index (χ3n) is 4.49. The van der Waals surface area contributed by atoms with Crippen LogP contribution >= 0.6 is 0 Å². The van der Waals surface area contributed by atoms with Crippen LogP contribution in [-0.2, 0) is 14.3 Å². The first-order chi connectivity index (χ1) is 12.4. The van der Waals surface area contributed by atoms with Crippen LogP contribution in [-0.4, -0.2) is 47.4 Å². The van der Waals surface area contributed by atoms with Crippen molar-refractivity contribution in [2.24, 2.45) is 0 Å². The van der Waals surface area contributed by atoms with E-state index >= 15 is 0 Å². The highest BCUT2D eigenvalue weighted by atomic mass is 16.6. The lowest BCUT2D eigenvalue weighted by Crippen LogP contribution is -2.47. The van der Waals surface area contributed by atoms with E-state index in [1.165, 1.54) is 12.1 Å². The van der Waals surface area contributed by atoms with E-state index in [2.05, 4.69) is 5.32 Å². The highest BCUT2D eigenvalue weighted by molar-refractivity contribution is 5.97. The molecule has 1 aromatic rings. The number of amides is 1. The molecule has 1 atom stereocenters. The molecule has 142 valence electrons. The zero-order valence-corrected chi connectivity index (χ0v) is 15.2. The molecule has 0 aliphatic carbocycles. The van der Waals surface area contributed by atoms with Crippen LogP contribution in [0.4, 0.5) is 11.4 Å². The maximum atomic E-state index is 12.9. The lowest BCUT2D eigenvalue weighted by molar-refractivity contribution is -0.384. The molecule has 0 spiro atoms. The van der Waals surface area contributed by atoms with E-state index in [1.54, 1.807) is 19.9 Å². The number of anilines is 1. The SMILES string of the molecule is CCOC(=O)CC(C(=O)Nc1cc([N+](=O)[O-])ccc1C)N1CCCCC1. The molecule has 0 saturated carbocycles. The van der Waals surface area contributed by atoms with Gasteiger partial charge in [-0.3, -0.25) is 24.6 Å². The van der Waals surface area contributed by atoms with Crippen molar-refractivity contribution in [1.29, 1.82) is 0 Å². The fraction of sp³-hybridized carbons (Fsp3) is 0.556. The predicted molar refractivity (Wildman–Crippen MR) is 96.9 cm³/mol. The molecule has 1 saturated heterocycles. The Balaban J connectivity index is 2.18. The fourth-order valence-electron chi connectivity index (χ4n) is 3.07. The zero-order chi connectivity index (χ0) is 19.1. The number of piperidine rings is 1. The van der Waals surface area contributed by atoms with Crippen LogP contribution in [0.2, 0.25) is 0 Å². The van der Waals surface area contributed by atoms with Crippen LogP contribution in [0.15, 0.2) is 18.2 Å². The summed E-state index contributed by atoms with van der Waals surface area (Å²) in [6.07, 6.45) is 3.02. The molecule has 26 heavy (non-hydrogen) atoms. The van der Waals surface area contributed by atoms with E-state index in [9.17, 15) is 19.7 Å². The van der Waals surface area contributed by atoms with Gasteiger partial charge in [-0.05, 0) is 45.3 Å². The minimum atomic E-state index is -0.645. The first kappa shape index (κ1) is 19.8. The summed E-state index contributed by atoms with van der Waals surface area (Å²) in [6.45, 7) is 5.23. The molecule has 1 fully saturated rings. The number of hydrogen-bond acceptors (Lipinski definition) is 6. The number of nitrogens with one attached hydrogen (secondary N) is 1. The van der Waals surface area contributed by atoms with Gasteiger partial charge in [0.1, 0.15) is 6.04 Å². The molecular weight excluding hydrogens is 338 g/mol. The third kappa shape index (κ3) is 5.26. The van der Waals surface area contributed by atoms with Gasteiger partial charge in [-0.25, -0.2) is 0 Å². The van der Waals surface area contributed by atoms with Crippen molar-refractivity contribution >= 4 is 23.3 Å². The van der Waals surface area contributed by atoms with Crippen LogP contribution < -0.4 is 5.32 Å². The molecule has 1 amide bonds. The van der Waals surface area contributed by atoms with Crippen molar-refractivity contribution in [3.8, 4) is 0 Å². The molecule has 1 aliphatic heterocycles. The minimum absolute atomic E-state index is 0.0341. The average Bonchev–Trinajstić information content (AvgIpc) is 2.62. The van der Waals surface area contributed by atoms with Crippen molar-refractivity contribution in [1.82, 2.24) is 4.90 Å². The second kappa shape index (κ2) is 9.28. The molecule has 1 N–H and O–H groups in total. The summed E-state index contributed by atoms with van der Waals surface area (Å²) in [5, 5.41) is 13.7. The Labute approximate surface area is 152 Å². The second-order valence-electron chi connectivity index (χ2n) is 6.37. The van der Waals surface area contributed by atoms with Gasteiger partial charge >= 0.3 is 5.97 Å².